The molecule has 0 fully saturated rings. The van der Waals surface area contributed by atoms with Gasteiger partial charge >= 0.3 is 0 Å². The number of guanidine groups is 1. The predicted octanol–water partition coefficient (Wildman–Crippen LogP) is 3.46. The number of benzene rings is 1. The van der Waals surface area contributed by atoms with Gasteiger partial charge in [-0.2, -0.15) is 0 Å². The Balaban J connectivity index is 0.00000242. The highest BCUT2D eigenvalue weighted by Crippen LogP contribution is 2.08. The molecule has 0 atom stereocenters. The molecule has 120 valence electrons. The normalized spacial score (nSPS) is 10.9. The SMILES string of the molecule is CN=C(NCCc1cccc(F)c1)NCCc1cccs1.I. The summed E-state index contributed by atoms with van der Waals surface area (Å²) in [5.74, 6) is 0.592. The van der Waals surface area contributed by atoms with Gasteiger partial charge in [0.05, 0.1) is 0 Å². The molecule has 0 bridgehead atoms. The molecule has 0 aliphatic carbocycles. The van der Waals surface area contributed by atoms with Crippen molar-refractivity contribution in [1.82, 2.24) is 10.6 Å². The van der Waals surface area contributed by atoms with Crippen LogP contribution in [-0.2, 0) is 12.8 Å². The van der Waals surface area contributed by atoms with E-state index in [-0.39, 0.29) is 29.8 Å². The molecule has 0 saturated carbocycles. The molecule has 0 unspecified atom stereocenters. The highest BCUT2D eigenvalue weighted by molar-refractivity contribution is 14.0. The first-order valence-electron chi connectivity index (χ1n) is 6.99. The van der Waals surface area contributed by atoms with Crippen LogP contribution in [0, 0.1) is 5.82 Å². The number of aliphatic imine (C=N–C) groups is 1. The van der Waals surface area contributed by atoms with E-state index in [4.69, 9.17) is 0 Å². The van der Waals surface area contributed by atoms with Crippen molar-refractivity contribution in [2.45, 2.75) is 12.8 Å². The lowest BCUT2D eigenvalue weighted by atomic mass is 10.1. The van der Waals surface area contributed by atoms with E-state index in [9.17, 15) is 4.39 Å². The zero-order chi connectivity index (χ0) is 14.9. The van der Waals surface area contributed by atoms with Crippen molar-refractivity contribution in [2.75, 3.05) is 20.1 Å². The Bertz CT molecular complexity index is 573. The monoisotopic (exact) mass is 433 g/mol. The van der Waals surface area contributed by atoms with Gasteiger partial charge in [-0.1, -0.05) is 18.2 Å². The number of hydrogen-bond donors (Lipinski definition) is 2. The van der Waals surface area contributed by atoms with Crippen molar-refractivity contribution in [3.05, 3.63) is 58.0 Å². The maximum atomic E-state index is 13.1. The molecule has 2 N–H and O–H groups in total. The Morgan fingerprint density at radius 2 is 1.91 bits per heavy atom. The maximum absolute atomic E-state index is 13.1. The zero-order valence-electron chi connectivity index (χ0n) is 12.5. The first-order valence-corrected chi connectivity index (χ1v) is 7.87. The van der Waals surface area contributed by atoms with Crippen LogP contribution in [0.4, 0.5) is 4.39 Å². The van der Waals surface area contributed by atoms with Crippen molar-refractivity contribution < 1.29 is 4.39 Å². The molecule has 2 aromatic rings. The van der Waals surface area contributed by atoms with E-state index in [0.29, 0.717) is 0 Å². The van der Waals surface area contributed by atoms with E-state index in [0.717, 1.165) is 37.5 Å². The topological polar surface area (TPSA) is 36.4 Å². The molecule has 0 saturated heterocycles. The van der Waals surface area contributed by atoms with Gasteiger partial charge in [-0.05, 0) is 42.0 Å². The molecule has 1 heterocycles. The zero-order valence-corrected chi connectivity index (χ0v) is 15.7. The second kappa shape index (κ2) is 10.6. The van der Waals surface area contributed by atoms with Crippen LogP contribution in [0.25, 0.3) is 0 Å². The lowest BCUT2D eigenvalue weighted by Gasteiger charge is -2.11. The van der Waals surface area contributed by atoms with Gasteiger partial charge in [0.25, 0.3) is 0 Å². The van der Waals surface area contributed by atoms with Gasteiger partial charge in [-0.25, -0.2) is 4.39 Å². The molecular formula is C16H21FIN3S. The molecule has 1 aromatic heterocycles. The van der Waals surface area contributed by atoms with Crippen LogP contribution in [0.1, 0.15) is 10.4 Å². The number of halogens is 2. The minimum absolute atomic E-state index is 0. The minimum Gasteiger partial charge on any atom is -0.356 e. The molecule has 2 rings (SSSR count). The quantitative estimate of drug-likeness (QED) is 0.416. The Morgan fingerprint density at radius 3 is 2.55 bits per heavy atom. The Labute approximate surface area is 152 Å². The van der Waals surface area contributed by atoms with Gasteiger partial charge in [-0.3, -0.25) is 4.99 Å². The van der Waals surface area contributed by atoms with E-state index < -0.39 is 0 Å². The van der Waals surface area contributed by atoms with Crippen LogP contribution >= 0.6 is 35.3 Å². The van der Waals surface area contributed by atoms with Gasteiger partial charge in [0.1, 0.15) is 5.82 Å². The van der Waals surface area contributed by atoms with Gasteiger partial charge < -0.3 is 10.6 Å². The van der Waals surface area contributed by atoms with Gasteiger partial charge in [0.2, 0.25) is 0 Å². The van der Waals surface area contributed by atoms with Crippen LogP contribution in [0.15, 0.2) is 46.8 Å². The molecule has 3 nitrogen and oxygen atoms in total. The van der Waals surface area contributed by atoms with Crippen LogP contribution in [0.3, 0.4) is 0 Å². The van der Waals surface area contributed by atoms with Crippen molar-refractivity contribution in [1.29, 1.82) is 0 Å². The standard InChI is InChI=1S/C16H20FN3S.HI/c1-18-16(20-10-8-15-6-3-11-21-15)19-9-7-13-4-2-5-14(17)12-13;/h2-6,11-12H,7-10H2,1H3,(H2,18,19,20);1H. The highest BCUT2D eigenvalue weighted by atomic mass is 127. The largest absolute Gasteiger partial charge is 0.356 e. The molecule has 0 aliphatic rings. The first kappa shape index (κ1) is 18.9. The van der Waals surface area contributed by atoms with E-state index in [2.05, 4.69) is 33.1 Å². The van der Waals surface area contributed by atoms with Gasteiger partial charge in [0.15, 0.2) is 5.96 Å². The van der Waals surface area contributed by atoms with Crippen molar-refractivity contribution in [3.8, 4) is 0 Å². The molecule has 1 aromatic carbocycles. The second-order valence-electron chi connectivity index (χ2n) is 4.64. The second-order valence-corrected chi connectivity index (χ2v) is 5.67. The Kier molecular flexibility index (Phi) is 9.07. The smallest absolute Gasteiger partial charge is 0.190 e. The van der Waals surface area contributed by atoms with Gasteiger partial charge in [-0.15, -0.1) is 35.3 Å². The molecule has 22 heavy (non-hydrogen) atoms. The predicted molar refractivity (Wildman–Crippen MR) is 103 cm³/mol. The summed E-state index contributed by atoms with van der Waals surface area (Å²) in [6.07, 6.45) is 1.76. The summed E-state index contributed by atoms with van der Waals surface area (Å²) in [4.78, 5) is 5.54. The lowest BCUT2D eigenvalue weighted by Crippen LogP contribution is -2.39. The van der Waals surface area contributed by atoms with E-state index in [1.807, 2.05) is 6.07 Å². The van der Waals surface area contributed by atoms with Crippen LogP contribution in [0.2, 0.25) is 0 Å². The third-order valence-electron chi connectivity index (χ3n) is 3.06. The van der Waals surface area contributed by atoms with E-state index in [1.54, 1.807) is 30.5 Å². The van der Waals surface area contributed by atoms with Crippen LogP contribution < -0.4 is 10.6 Å². The molecule has 6 heteroatoms. The van der Waals surface area contributed by atoms with E-state index >= 15 is 0 Å². The van der Waals surface area contributed by atoms with Crippen LogP contribution in [0.5, 0.6) is 0 Å². The molecular weight excluding hydrogens is 412 g/mol. The summed E-state index contributed by atoms with van der Waals surface area (Å²) in [7, 11) is 1.75. The van der Waals surface area contributed by atoms with Crippen LogP contribution in [-0.4, -0.2) is 26.1 Å². The third-order valence-corrected chi connectivity index (χ3v) is 4.00. The minimum atomic E-state index is -0.189. The third kappa shape index (κ3) is 6.74. The van der Waals surface area contributed by atoms with Crippen molar-refractivity contribution in [2.24, 2.45) is 4.99 Å². The fourth-order valence-electron chi connectivity index (χ4n) is 2.00. The summed E-state index contributed by atoms with van der Waals surface area (Å²) < 4.78 is 13.1. The summed E-state index contributed by atoms with van der Waals surface area (Å²) in [6, 6.07) is 10.9. The average Bonchev–Trinajstić information content (AvgIpc) is 2.99. The average molecular weight is 433 g/mol. The summed E-state index contributed by atoms with van der Waals surface area (Å²) in [5, 5.41) is 8.60. The Morgan fingerprint density at radius 1 is 1.14 bits per heavy atom. The molecule has 0 radical (unpaired) electrons. The highest BCUT2D eigenvalue weighted by Gasteiger charge is 1.99. The van der Waals surface area contributed by atoms with Crippen molar-refractivity contribution in [3.63, 3.8) is 0 Å². The fraction of sp³-hybridized carbons (Fsp3) is 0.312. The summed E-state index contributed by atoms with van der Waals surface area (Å²) >= 11 is 1.76. The van der Waals surface area contributed by atoms with E-state index in [1.165, 1.54) is 10.9 Å². The lowest BCUT2D eigenvalue weighted by molar-refractivity contribution is 0.625. The summed E-state index contributed by atoms with van der Waals surface area (Å²) in [6.45, 7) is 1.57. The first-order chi connectivity index (χ1) is 10.3. The number of rotatable bonds is 6. The van der Waals surface area contributed by atoms with Crippen molar-refractivity contribution >= 4 is 41.3 Å². The fourth-order valence-corrected chi connectivity index (χ4v) is 2.71. The number of hydrogen-bond acceptors (Lipinski definition) is 2. The molecule has 0 aliphatic heterocycles. The number of thiophene rings is 1. The molecule has 0 amide bonds. The van der Waals surface area contributed by atoms with Gasteiger partial charge in [0, 0.05) is 25.0 Å². The number of nitrogens with one attached hydrogen (secondary N) is 2. The summed E-state index contributed by atoms with van der Waals surface area (Å²) in [5.41, 5.74) is 0.983. The molecule has 0 spiro atoms. The number of nitrogens with zero attached hydrogens (tertiary/aromatic N) is 1. The Hall–Kier alpha value is -1.15. The maximum Gasteiger partial charge on any atom is 0.190 e.